The van der Waals surface area contributed by atoms with E-state index in [0.717, 1.165) is 18.7 Å². The van der Waals surface area contributed by atoms with E-state index in [-0.39, 0.29) is 28.8 Å². The third-order valence-electron chi connectivity index (χ3n) is 4.89. The summed E-state index contributed by atoms with van der Waals surface area (Å²) in [7, 11) is 0. The minimum Gasteiger partial charge on any atom is -0.347 e. The topological polar surface area (TPSA) is 60.0 Å². The molecule has 1 saturated carbocycles. The maximum absolute atomic E-state index is 12.5. The molecule has 1 aromatic rings. The first-order valence-electron chi connectivity index (χ1n) is 7.44. The fourth-order valence-electron chi connectivity index (χ4n) is 3.81. The third kappa shape index (κ3) is 2.16. The number of hydrogen-bond donors (Lipinski definition) is 2. The van der Waals surface area contributed by atoms with Gasteiger partial charge in [0.25, 0.3) is 5.91 Å². The molecule has 1 aromatic heterocycles. The third-order valence-corrected chi connectivity index (χ3v) is 4.89. The van der Waals surface area contributed by atoms with Crippen molar-refractivity contribution in [2.24, 2.45) is 16.6 Å². The molecule has 0 radical (unpaired) electrons. The lowest BCUT2D eigenvalue weighted by molar-refractivity contribution is -0.0664. The summed E-state index contributed by atoms with van der Waals surface area (Å²) in [6.45, 7) is 11.5. The second-order valence-electron chi connectivity index (χ2n) is 7.11. The molecule has 0 bridgehead atoms. The summed E-state index contributed by atoms with van der Waals surface area (Å²) in [6, 6.07) is 4.00. The zero-order valence-electron chi connectivity index (χ0n) is 13.2. The number of hydrogen-bond acceptors (Lipinski definition) is 2. The molecule has 4 nitrogen and oxygen atoms in total. The molecule has 1 aliphatic rings. The van der Waals surface area contributed by atoms with Crippen LogP contribution in [-0.4, -0.2) is 22.6 Å². The Morgan fingerprint density at radius 3 is 2.50 bits per heavy atom. The van der Waals surface area contributed by atoms with Gasteiger partial charge in [0.05, 0.1) is 0 Å². The number of nitrogens with two attached hydrogens (primary N) is 1. The van der Waals surface area contributed by atoms with E-state index >= 15 is 0 Å². The Morgan fingerprint density at radius 2 is 1.95 bits per heavy atom. The van der Waals surface area contributed by atoms with E-state index in [9.17, 15) is 4.79 Å². The molecule has 1 amide bonds. The van der Waals surface area contributed by atoms with Gasteiger partial charge in [-0.3, -0.25) is 4.79 Å². The molecule has 2 rings (SSSR count). The molecule has 20 heavy (non-hydrogen) atoms. The molecule has 0 atom stereocenters. The summed E-state index contributed by atoms with van der Waals surface area (Å²) in [5.41, 5.74) is 6.84. The summed E-state index contributed by atoms with van der Waals surface area (Å²) in [4.78, 5) is 12.5. The standard InChI is InChI=1S/C16H27N3O/c1-6-9-19-10-7-8-11(19)12(20)18-14-15(2,3)13(17)16(14,4)5/h7-8,10,13-14H,6,9,17H2,1-5H3,(H,18,20). The highest BCUT2D eigenvalue weighted by atomic mass is 16.2. The Bertz CT molecular complexity index is 486. The van der Waals surface area contributed by atoms with E-state index in [4.69, 9.17) is 5.73 Å². The molecule has 0 aromatic carbocycles. The van der Waals surface area contributed by atoms with Gasteiger partial charge in [0.1, 0.15) is 5.69 Å². The summed E-state index contributed by atoms with van der Waals surface area (Å²) >= 11 is 0. The molecule has 3 N–H and O–H groups in total. The van der Waals surface area contributed by atoms with Crippen LogP contribution in [0.3, 0.4) is 0 Å². The summed E-state index contributed by atoms with van der Waals surface area (Å²) in [5.74, 6) is 0.00139. The van der Waals surface area contributed by atoms with Crippen molar-refractivity contribution >= 4 is 5.91 Å². The van der Waals surface area contributed by atoms with Gasteiger partial charge in [-0.25, -0.2) is 0 Å². The fraction of sp³-hybridized carbons (Fsp3) is 0.688. The zero-order valence-corrected chi connectivity index (χ0v) is 13.2. The number of carbonyl (C=O) groups excluding carboxylic acids is 1. The van der Waals surface area contributed by atoms with Crippen LogP contribution in [0.25, 0.3) is 0 Å². The average Bonchev–Trinajstić information content (AvgIpc) is 2.83. The normalized spacial score (nSPS) is 26.9. The number of aryl methyl sites for hydroxylation is 1. The Kier molecular flexibility index (Phi) is 3.71. The highest BCUT2D eigenvalue weighted by Crippen LogP contribution is 2.52. The monoisotopic (exact) mass is 277 g/mol. The van der Waals surface area contributed by atoms with Gasteiger partial charge in [-0.1, -0.05) is 34.6 Å². The Labute approximate surface area is 121 Å². The first kappa shape index (κ1) is 15.1. The van der Waals surface area contributed by atoms with Gasteiger partial charge in [-0.2, -0.15) is 0 Å². The number of nitrogens with one attached hydrogen (secondary N) is 1. The second kappa shape index (κ2) is 4.92. The Balaban J connectivity index is 2.14. The SMILES string of the molecule is CCCn1cccc1C(=O)NC1C(C)(C)C(N)C1(C)C. The maximum atomic E-state index is 12.5. The van der Waals surface area contributed by atoms with Gasteiger partial charge in [0, 0.05) is 35.7 Å². The van der Waals surface area contributed by atoms with Crippen LogP contribution < -0.4 is 11.1 Å². The largest absolute Gasteiger partial charge is 0.347 e. The number of carbonyl (C=O) groups is 1. The second-order valence-corrected chi connectivity index (χ2v) is 7.11. The maximum Gasteiger partial charge on any atom is 0.268 e. The van der Waals surface area contributed by atoms with Gasteiger partial charge >= 0.3 is 0 Å². The van der Waals surface area contributed by atoms with Crippen molar-refractivity contribution in [3.8, 4) is 0 Å². The smallest absolute Gasteiger partial charge is 0.268 e. The molecule has 1 aliphatic carbocycles. The van der Waals surface area contributed by atoms with Crippen molar-refractivity contribution < 1.29 is 4.79 Å². The van der Waals surface area contributed by atoms with Crippen LogP contribution in [0.5, 0.6) is 0 Å². The van der Waals surface area contributed by atoms with Crippen LogP contribution in [-0.2, 0) is 6.54 Å². The highest BCUT2D eigenvalue weighted by molar-refractivity contribution is 5.93. The van der Waals surface area contributed by atoms with Crippen LogP contribution in [0.15, 0.2) is 18.3 Å². The minimum atomic E-state index is -0.0681. The van der Waals surface area contributed by atoms with Gasteiger partial charge in [-0.15, -0.1) is 0 Å². The predicted octanol–water partition coefficient (Wildman–Crippen LogP) is 2.39. The van der Waals surface area contributed by atoms with Crippen LogP contribution >= 0.6 is 0 Å². The molecule has 0 spiro atoms. The van der Waals surface area contributed by atoms with E-state index in [1.54, 1.807) is 0 Å². The van der Waals surface area contributed by atoms with E-state index in [1.165, 1.54) is 0 Å². The first-order valence-corrected chi connectivity index (χ1v) is 7.44. The number of aromatic nitrogens is 1. The van der Waals surface area contributed by atoms with E-state index in [2.05, 4.69) is 39.9 Å². The summed E-state index contributed by atoms with van der Waals surface area (Å²) in [5, 5.41) is 3.19. The molecular weight excluding hydrogens is 250 g/mol. The molecule has 1 fully saturated rings. The highest BCUT2D eigenvalue weighted by Gasteiger charge is 2.60. The van der Waals surface area contributed by atoms with Crippen LogP contribution in [0.1, 0.15) is 51.5 Å². The molecule has 112 valence electrons. The number of nitrogens with zero attached hydrogens (tertiary/aromatic N) is 1. The van der Waals surface area contributed by atoms with Gasteiger partial charge in [-0.05, 0) is 18.6 Å². The lowest BCUT2D eigenvalue weighted by atomic mass is 9.48. The lowest BCUT2D eigenvalue weighted by Gasteiger charge is -2.62. The van der Waals surface area contributed by atoms with E-state index in [1.807, 2.05) is 22.9 Å². The Morgan fingerprint density at radius 1 is 1.35 bits per heavy atom. The van der Waals surface area contributed by atoms with E-state index in [0.29, 0.717) is 0 Å². The van der Waals surface area contributed by atoms with Crippen molar-refractivity contribution in [1.29, 1.82) is 0 Å². The first-order chi connectivity index (χ1) is 9.22. The van der Waals surface area contributed by atoms with Gasteiger partial charge < -0.3 is 15.6 Å². The molecule has 0 aliphatic heterocycles. The van der Waals surface area contributed by atoms with Gasteiger partial charge in [0.15, 0.2) is 0 Å². The lowest BCUT2D eigenvalue weighted by Crippen LogP contribution is -2.76. The van der Waals surface area contributed by atoms with Crippen LogP contribution in [0, 0.1) is 10.8 Å². The predicted molar refractivity (Wildman–Crippen MR) is 81.5 cm³/mol. The van der Waals surface area contributed by atoms with Crippen LogP contribution in [0.2, 0.25) is 0 Å². The molecule has 4 heteroatoms. The van der Waals surface area contributed by atoms with Crippen LogP contribution in [0.4, 0.5) is 0 Å². The minimum absolute atomic E-state index is 0.00139. The number of rotatable bonds is 4. The summed E-state index contributed by atoms with van der Waals surface area (Å²) < 4.78 is 2.01. The number of amides is 1. The zero-order chi connectivity index (χ0) is 15.1. The quantitative estimate of drug-likeness (QED) is 0.887. The fourth-order valence-corrected chi connectivity index (χ4v) is 3.81. The van der Waals surface area contributed by atoms with Crippen molar-refractivity contribution in [3.63, 3.8) is 0 Å². The molecule has 0 saturated heterocycles. The van der Waals surface area contributed by atoms with E-state index < -0.39 is 0 Å². The van der Waals surface area contributed by atoms with Gasteiger partial charge in [0.2, 0.25) is 0 Å². The van der Waals surface area contributed by atoms with Crippen molar-refractivity contribution in [3.05, 3.63) is 24.0 Å². The van der Waals surface area contributed by atoms with Crippen molar-refractivity contribution in [1.82, 2.24) is 9.88 Å². The summed E-state index contributed by atoms with van der Waals surface area (Å²) in [6.07, 6.45) is 2.97. The Hall–Kier alpha value is -1.29. The molecule has 0 unspecified atom stereocenters. The molecular formula is C16H27N3O. The molecule has 1 heterocycles. The van der Waals surface area contributed by atoms with Crippen molar-refractivity contribution in [2.45, 2.75) is 59.7 Å². The average molecular weight is 277 g/mol. The van der Waals surface area contributed by atoms with Crippen molar-refractivity contribution in [2.75, 3.05) is 0 Å².